The van der Waals surface area contributed by atoms with Gasteiger partial charge >= 0.3 is 19.2 Å². The summed E-state index contributed by atoms with van der Waals surface area (Å²) in [5, 5.41) is 11.5. The molecule has 0 bridgehead atoms. The molecule has 1 saturated heterocycles. The smallest absolute Gasteiger partial charge is 0.469 e. The van der Waals surface area contributed by atoms with E-state index in [1.54, 1.807) is 0 Å². The van der Waals surface area contributed by atoms with E-state index in [-0.39, 0.29) is 42.1 Å². The molecule has 16 heteroatoms. The van der Waals surface area contributed by atoms with Crippen molar-refractivity contribution in [3.05, 3.63) is 66.0 Å². The van der Waals surface area contributed by atoms with Crippen molar-refractivity contribution >= 4 is 19.3 Å². The molecule has 0 spiro atoms. The maximum absolute atomic E-state index is 12.2. The molecule has 3 rings (SSSR count). The molecule has 15 nitrogen and oxygen atoms in total. The van der Waals surface area contributed by atoms with Crippen molar-refractivity contribution in [1.82, 2.24) is 9.55 Å². The van der Waals surface area contributed by atoms with Gasteiger partial charge in [-0.2, -0.15) is 0 Å². The number of nitrogens with zero attached hydrogens (tertiary/aromatic N) is 2. The number of aromatic nitrogens is 2. The molecule has 1 aliphatic rings. The summed E-state index contributed by atoms with van der Waals surface area (Å²) < 4.78 is 33.7. The zero-order valence-electron chi connectivity index (χ0n) is 19.4. The minimum absolute atomic E-state index is 0.104. The topological polar surface area (TPSA) is 210 Å². The summed E-state index contributed by atoms with van der Waals surface area (Å²) in [6, 6.07) is 2.74. The van der Waals surface area contributed by atoms with Gasteiger partial charge in [-0.1, -0.05) is 6.07 Å². The number of ketones is 1. The Morgan fingerprint density at radius 1 is 1.36 bits per heavy atom. The number of ether oxygens (including phenoxy) is 3. The number of hydrogen-bond donors (Lipinski definition) is 3. The Bertz CT molecular complexity index is 1330. The number of rotatable bonds is 10. The number of benzene rings is 1. The molecule has 3 N–H and O–H groups in total. The summed E-state index contributed by atoms with van der Waals surface area (Å²) in [4.78, 5) is 67.5. The zero-order chi connectivity index (χ0) is 26.8. The predicted molar refractivity (Wildman–Crippen MR) is 121 cm³/mol. The fraction of sp³-hybridized carbons (Fsp3) is 0.450. The maximum Gasteiger partial charge on any atom is 0.469 e. The fourth-order valence-electron chi connectivity index (χ4n) is 3.87. The van der Waals surface area contributed by atoms with Crippen molar-refractivity contribution in [3.63, 3.8) is 0 Å². The lowest BCUT2D eigenvalue weighted by Crippen LogP contribution is -2.33. The van der Waals surface area contributed by atoms with Crippen LogP contribution in [0.4, 0.5) is 5.69 Å². The van der Waals surface area contributed by atoms with Gasteiger partial charge in [-0.15, -0.1) is 0 Å². The number of nitrogens with one attached hydrogen (secondary N) is 1. The molecule has 1 fully saturated rings. The number of phosphoric ester groups is 1. The molecule has 36 heavy (non-hydrogen) atoms. The quantitative estimate of drug-likeness (QED) is 0.170. The Morgan fingerprint density at radius 2 is 2.06 bits per heavy atom. The van der Waals surface area contributed by atoms with Gasteiger partial charge in [-0.25, -0.2) is 9.36 Å². The molecule has 2 aromatic rings. The maximum atomic E-state index is 12.2. The SMILES string of the molecule is COc1ccc(COC[C@H]2O[C@@H](n3cc(C)c(=O)[nH]c3=O)C[C@@H]2OP(=O)(O)O)c(C(C)=O)c1[N+](=O)[O-]. The first kappa shape index (κ1) is 27.4. The minimum atomic E-state index is -4.95. The Balaban J connectivity index is 1.83. The molecule has 0 saturated carbocycles. The summed E-state index contributed by atoms with van der Waals surface area (Å²) in [5.74, 6) is -0.695. The van der Waals surface area contributed by atoms with Crippen molar-refractivity contribution < 1.29 is 42.8 Å². The zero-order valence-corrected chi connectivity index (χ0v) is 20.3. The number of carbonyl (C=O) groups excluding carboxylic acids is 1. The third-order valence-corrected chi connectivity index (χ3v) is 5.98. The second-order valence-electron chi connectivity index (χ2n) is 7.96. The monoisotopic (exact) mass is 529 g/mol. The number of H-pyrrole nitrogens is 1. The molecular formula is C20H24N3O12P. The van der Waals surface area contributed by atoms with Gasteiger partial charge in [0.05, 0.1) is 25.2 Å². The normalized spacial score (nSPS) is 19.9. The van der Waals surface area contributed by atoms with Crippen molar-refractivity contribution in [1.29, 1.82) is 0 Å². The molecule has 1 aliphatic heterocycles. The van der Waals surface area contributed by atoms with E-state index in [9.17, 15) is 38.8 Å². The molecule has 0 aliphatic carbocycles. The van der Waals surface area contributed by atoms with Gasteiger partial charge in [0.25, 0.3) is 5.56 Å². The Hall–Kier alpha value is -3.20. The number of nitro benzene ring substituents is 1. The standard InChI is InChI=1S/C20H24N3O12P/c1-10-7-22(20(26)21-19(10)25)16-6-14(35-36(29,30)31)15(34-16)9-33-8-12-4-5-13(32-3)18(23(27)28)17(12)11(2)24/h4-5,7,14-16H,6,8-9H2,1-3H3,(H,21,25,26)(H2,29,30,31)/t14-,15+,16+/m0/s1. The van der Waals surface area contributed by atoms with Gasteiger partial charge in [0.15, 0.2) is 11.5 Å². The lowest BCUT2D eigenvalue weighted by molar-refractivity contribution is -0.386. The van der Waals surface area contributed by atoms with E-state index in [0.717, 1.165) is 11.5 Å². The number of Topliss-reactive ketones (excluding diaryl/α,β-unsaturated/α-hetero) is 1. The third-order valence-electron chi connectivity index (χ3n) is 5.43. The first-order chi connectivity index (χ1) is 16.8. The van der Waals surface area contributed by atoms with Crippen LogP contribution in [-0.2, 0) is 25.2 Å². The average Bonchev–Trinajstić information content (AvgIpc) is 3.15. The molecule has 2 heterocycles. The van der Waals surface area contributed by atoms with Crippen molar-refractivity contribution in [2.45, 2.75) is 45.3 Å². The highest BCUT2D eigenvalue weighted by atomic mass is 31.2. The van der Waals surface area contributed by atoms with Crippen LogP contribution >= 0.6 is 7.82 Å². The Kier molecular flexibility index (Phi) is 8.23. The number of methoxy groups -OCH3 is 1. The number of carbonyl (C=O) groups is 1. The van der Waals surface area contributed by atoms with Crippen LogP contribution in [-0.4, -0.2) is 56.0 Å². The lowest BCUT2D eigenvalue weighted by Gasteiger charge is -2.19. The highest BCUT2D eigenvalue weighted by Gasteiger charge is 2.41. The highest BCUT2D eigenvalue weighted by molar-refractivity contribution is 7.46. The van der Waals surface area contributed by atoms with Crippen LogP contribution in [0.5, 0.6) is 5.75 Å². The molecule has 1 aromatic carbocycles. The summed E-state index contributed by atoms with van der Waals surface area (Å²) in [5.41, 5.74) is -1.70. The number of aryl methyl sites for hydroxylation is 1. The second-order valence-corrected chi connectivity index (χ2v) is 9.15. The minimum Gasteiger partial charge on any atom is -0.490 e. The number of hydrogen-bond acceptors (Lipinski definition) is 10. The van der Waals surface area contributed by atoms with Crippen LogP contribution < -0.4 is 16.0 Å². The molecule has 3 atom stereocenters. The van der Waals surface area contributed by atoms with Crippen molar-refractivity contribution in [3.8, 4) is 5.75 Å². The van der Waals surface area contributed by atoms with Gasteiger partial charge in [0.2, 0.25) is 0 Å². The van der Waals surface area contributed by atoms with Gasteiger partial charge < -0.3 is 24.0 Å². The molecule has 0 amide bonds. The van der Waals surface area contributed by atoms with Gasteiger partial charge in [-0.3, -0.25) is 33.8 Å². The molecule has 0 radical (unpaired) electrons. The van der Waals surface area contributed by atoms with E-state index in [1.165, 1.54) is 32.4 Å². The van der Waals surface area contributed by atoms with Gasteiger partial charge in [0.1, 0.15) is 24.0 Å². The van der Waals surface area contributed by atoms with Crippen LogP contribution in [0.15, 0.2) is 27.9 Å². The van der Waals surface area contributed by atoms with Crippen LogP contribution in [0.3, 0.4) is 0 Å². The summed E-state index contributed by atoms with van der Waals surface area (Å²) >= 11 is 0. The van der Waals surface area contributed by atoms with Gasteiger partial charge in [-0.05, 0) is 25.5 Å². The van der Waals surface area contributed by atoms with Crippen LogP contribution in [0.25, 0.3) is 0 Å². The molecule has 1 aromatic heterocycles. The van der Waals surface area contributed by atoms with E-state index in [0.29, 0.717) is 0 Å². The van der Waals surface area contributed by atoms with E-state index >= 15 is 0 Å². The van der Waals surface area contributed by atoms with Gasteiger partial charge in [0, 0.05) is 18.2 Å². The van der Waals surface area contributed by atoms with E-state index in [1.807, 2.05) is 0 Å². The third kappa shape index (κ3) is 6.13. The second kappa shape index (κ2) is 10.8. The first-order valence-corrected chi connectivity index (χ1v) is 12.0. The highest BCUT2D eigenvalue weighted by Crippen LogP contribution is 2.43. The molecular weight excluding hydrogens is 505 g/mol. The Morgan fingerprint density at radius 3 is 2.64 bits per heavy atom. The van der Waals surface area contributed by atoms with Crippen molar-refractivity contribution in [2.75, 3.05) is 13.7 Å². The van der Waals surface area contributed by atoms with Crippen LogP contribution in [0.1, 0.15) is 41.1 Å². The number of phosphoric acid groups is 1. The first-order valence-electron chi connectivity index (χ1n) is 10.5. The van der Waals surface area contributed by atoms with E-state index < -0.39 is 53.9 Å². The van der Waals surface area contributed by atoms with E-state index in [4.69, 9.17) is 18.7 Å². The van der Waals surface area contributed by atoms with Crippen LogP contribution in [0, 0.1) is 17.0 Å². The average molecular weight is 529 g/mol. The summed E-state index contributed by atoms with van der Waals surface area (Å²) in [6.45, 7) is 2.03. The fourth-order valence-corrected chi connectivity index (χ4v) is 4.44. The summed E-state index contributed by atoms with van der Waals surface area (Å²) in [7, 11) is -3.72. The van der Waals surface area contributed by atoms with Crippen molar-refractivity contribution in [2.24, 2.45) is 0 Å². The van der Waals surface area contributed by atoms with E-state index in [2.05, 4.69) is 4.98 Å². The predicted octanol–water partition coefficient (Wildman–Crippen LogP) is 0.947. The summed E-state index contributed by atoms with van der Waals surface area (Å²) in [6.07, 6.45) is -2.22. The molecule has 0 unspecified atom stereocenters. The van der Waals surface area contributed by atoms with Crippen LogP contribution in [0.2, 0.25) is 0 Å². The number of nitro groups is 1. The largest absolute Gasteiger partial charge is 0.490 e. The number of aromatic amines is 1. The molecule has 196 valence electrons. The Labute approximate surface area is 203 Å². The lowest BCUT2D eigenvalue weighted by atomic mass is 10.0.